The van der Waals surface area contributed by atoms with Crippen molar-refractivity contribution >= 4 is 11.3 Å². The van der Waals surface area contributed by atoms with E-state index in [0.717, 1.165) is 22.9 Å². The first-order valence-corrected chi connectivity index (χ1v) is 8.87. The Kier molecular flexibility index (Phi) is 5.69. The summed E-state index contributed by atoms with van der Waals surface area (Å²) in [6.45, 7) is 0.906. The highest BCUT2D eigenvalue weighted by Crippen LogP contribution is 2.26. The molecule has 1 aromatic carbocycles. The van der Waals surface area contributed by atoms with Crippen molar-refractivity contribution in [2.24, 2.45) is 0 Å². The molecule has 0 aliphatic heterocycles. The van der Waals surface area contributed by atoms with Crippen molar-refractivity contribution in [1.29, 1.82) is 0 Å². The average Bonchev–Trinajstić information content (AvgIpc) is 3.09. The first kappa shape index (κ1) is 16.8. The maximum absolute atomic E-state index is 9.42. The van der Waals surface area contributed by atoms with Gasteiger partial charge in [0.15, 0.2) is 0 Å². The van der Waals surface area contributed by atoms with Crippen LogP contribution in [0.25, 0.3) is 10.7 Å². The molecule has 3 aromatic rings. The quantitative estimate of drug-likeness (QED) is 0.712. The van der Waals surface area contributed by atoms with E-state index in [2.05, 4.69) is 34.4 Å². The highest BCUT2D eigenvalue weighted by atomic mass is 32.1. The fourth-order valence-corrected chi connectivity index (χ4v) is 3.58. The van der Waals surface area contributed by atoms with Gasteiger partial charge in [-0.25, -0.2) is 4.98 Å². The zero-order valence-corrected chi connectivity index (χ0v) is 14.5. The van der Waals surface area contributed by atoms with Crippen LogP contribution in [0.15, 0.2) is 60.1 Å². The van der Waals surface area contributed by atoms with Crippen LogP contribution in [0.1, 0.15) is 23.7 Å². The Morgan fingerprint density at radius 3 is 2.62 bits per heavy atom. The second kappa shape index (κ2) is 8.15. The third kappa shape index (κ3) is 4.06. The molecule has 1 N–H and O–H groups in total. The van der Waals surface area contributed by atoms with Gasteiger partial charge in [-0.1, -0.05) is 36.4 Å². The molecule has 0 saturated carbocycles. The summed E-state index contributed by atoms with van der Waals surface area (Å²) in [7, 11) is 2.08. The van der Waals surface area contributed by atoms with Gasteiger partial charge >= 0.3 is 0 Å². The van der Waals surface area contributed by atoms with Crippen LogP contribution in [0.3, 0.4) is 0 Å². The van der Waals surface area contributed by atoms with E-state index in [9.17, 15) is 5.11 Å². The van der Waals surface area contributed by atoms with Crippen molar-refractivity contribution in [3.8, 4) is 10.7 Å². The molecule has 124 valence electrons. The molecule has 4 nitrogen and oxygen atoms in total. The van der Waals surface area contributed by atoms with Gasteiger partial charge in [0.1, 0.15) is 5.01 Å². The van der Waals surface area contributed by atoms with Crippen molar-refractivity contribution in [3.05, 3.63) is 71.4 Å². The molecule has 0 aliphatic carbocycles. The SMILES string of the molecule is CN(Cc1csc(-c2ccccn2)n1)C(CCO)c1ccccc1. The zero-order valence-electron chi connectivity index (χ0n) is 13.7. The fourth-order valence-electron chi connectivity index (χ4n) is 2.79. The Labute approximate surface area is 146 Å². The molecule has 0 fully saturated rings. The normalized spacial score (nSPS) is 12.5. The van der Waals surface area contributed by atoms with Crippen LogP contribution in [-0.2, 0) is 6.54 Å². The molecule has 0 radical (unpaired) electrons. The number of hydrogen-bond donors (Lipinski definition) is 1. The van der Waals surface area contributed by atoms with Crippen LogP contribution in [0.5, 0.6) is 0 Å². The van der Waals surface area contributed by atoms with Crippen molar-refractivity contribution in [2.75, 3.05) is 13.7 Å². The van der Waals surface area contributed by atoms with Gasteiger partial charge in [0.05, 0.1) is 11.4 Å². The highest BCUT2D eigenvalue weighted by Gasteiger charge is 2.18. The predicted molar refractivity (Wildman–Crippen MR) is 97.7 cm³/mol. The van der Waals surface area contributed by atoms with E-state index in [4.69, 9.17) is 4.98 Å². The summed E-state index contributed by atoms with van der Waals surface area (Å²) in [5.74, 6) is 0. The van der Waals surface area contributed by atoms with Gasteiger partial charge < -0.3 is 5.11 Å². The third-order valence-corrected chi connectivity index (χ3v) is 4.88. The minimum Gasteiger partial charge on any atom is -0.396 e. The largest absolute Gasteiger partial charge is 0.396 e. The molecule has 0 aliphatic rings. The van der Waals surface area contributed by atoms with Crippen molar-refractivity contribution in [3.63, 3.8) is 0 Å². The van der Waals surface area contributed by atoms with Gasteiger partial charge in [0.2, 0.25) is 0 Å². The standard InChI is InChI=1S/C19H21N3OS/c1-22(18(10-12-23)15-7-3-2-4-8-15)13-16-14-24-19(21-16)17-9-5-6-11-20-17/h2-9,11,14,18,23H,10,12-13H2,1H3. The summed E-state index contributed by atoms with van der Waals surface area (Å²) in [6.07, 6.45) is 2.49. The molecule has 1 atom stereocenters. The fraction of sp³-hybridized carbons (Fsp3) is 0.263. The summed E-state index contributed by atoms with van der Waals surface area (Å²) in [6, 6.07) is 16.3. The Morgan fingerprint density at radius 1 is 1.12 bits per heavy atom. The monoisotopic (exact) mass is 339 g/mol. The van der Waals surface area contributed by atoms with Crippen LogP contribution in [0, 0.1) is 0 Å². The summed E-state index contributed by atoms with van der Waals surface area (Å²) >= 11 is 1.62. The lowest BCUT2D eigenvalue weighted by Crippen LogP contribution is -2.25. The maximum Gasteiger partial charge on any atom is 0.142 e. The van der Waals surface area contributed by atoms with E-state index < -0.39 is 0 Å². The van der Waals surface area contributed by atoms with E-state index in [1.54, 1.807) is 17.5 Å². The minimum absolute atomic E-state index is 0.167. The summed E-state index contributed by atoms with van der Waals surface area (Å²) in [5, 5.41) is 12.4. The van der Waals surface area contributed by atoms with E-state index >= 15 is 0 Å². The smallest absolute Gasteiger partial charge is 0.142 e. The number of rotatable bonds is 7. The van der Waals surface area contributed by atoms with E-state index in [1.165, 1.54) is 5.56 Å². The lowest BCUT2D eigenvalue weighted by molar-refractivity contribution is 0.179. The van der Waals surface area contributed by atoms with Crippen LogP contribution >= 0.6 is 11.3 Å². The van der Waals surface area contributed by atoms with Gasteiger partial charge in [-0.05, 0) is 31.2 Å². The minimum atomic E-state index is 0.167. The van der Waals surface area contributed by atoms with Crippen LogP contribution in [0.2, 0.25) is 0 Å². The number of thiazole rings is 1. The number of aliphatic hydroxyl groups is 1. The van der Waals surface area contributed by atoms with Gasteiger partial charge in [-0.2, -0.15) is 0 Å². The number of hydrogen-bond acceptors (Lipinski definition) is 5. The van der Waals surface area contributed by atoms with Crippen LogP contribution < -0.4 is 0 Å². The second-order valence-corrected chi connectivity index (χ2v) is 6.57. The average molecular weight is 339 g/mol. The lowest BCUT2D eigenvalue weighted by atomic mass is 10.0. The van der Waals surface area contributed by atoms with Crippen molar-refractivity contribution < 1.29 is 5.11 Å². The molecule has 0 spiro atoms. The number of aliphatic hydroxyl groups excluding tert-OH is 1. The van der Waals surface area contributed by atoms with Gasteiger partial charge in [0, 0.05) is 30.8 Å². The van der Waals surface area contributed by atoms with E-state index in [0.29, 0.717) is 6.42 Å². The van der Waals surface area contributed by atoms with Crippen molar-refractivity contribution in [2.45, 2.75) is 19.0 Å². The molecular formula is C19H21N3OS. The molecule has 0 bridgehead atoms. The zero-order chi connectivity index (χ0) is 16.8. The molecule has 1 unspecified atom stereocenters. The maximum atomic E-state index is 9.42. The van der Waals surface area contributed by atoms with E-state index in [1.807, 2.05) is 36.4 Å². The molecule has 0 amide bonds. The first-order valence-electron chi connectivity index (χ1n) is 8.00. The molecule has 2 heterocycles. The van der Waals surface area contributed by atoms with Crippen molar-refractivity contribution in [1.82, 2.24) is 14.9 Å². The van der Waals surface area contributed by atoms with Gasteiger partial charge in [-0.3, -0.25) is 9.88 Å². The second-order valence-electron chi connectivity index (χ2n) is 5.71. The lowest BCUT2D eigenvalue weighted by Gasteiger charge is -2.27. The Hall–Kier alpha value is -2.08. The molecule has 24 heavy (non-hydrogen) atoms. The molecule has 3 rings (SSSR count). The molecule has 5 heteroatoms. The Bertz CT molecular complexity index is 746. The van der Waals surface area contributed by atoms with Crippen LogP contribution in [-0.4, -0.2) is 33.6 Å². The number of aromatic nitrogens is 2. The third-order valence-electron chi connectivity index (χ3n) is 3.97. The number of nitrogens with zero attached hydrogens (tertiary/aromatic N) is 3. The predicted octanol–water partition coefficient (Wildman–Crippen LogP) is 3.76. The van der Waals surface area contributed by atoms with Crippen LogP contribution in [0.4, 0.5) is 0 Å². The number of pyridine rings is 1. The molecule has 0 saturated heterocycles. The highest BCUT2D eigenvalue weighted by molar-refractivity contribution is 7.13. The van der Waals surface area contributed by atoms with E-state index in [-0.39, 0.29) is 12.6 Å². The molecule has 2 aromatic heterocycles. The van der Waals surface area contributed by atoms with Gasteiger partial charge in [-0.15, -0.1) is 11.3 Å². The Morgan fingerprint density at radius 2 is 1.92 bits per heavy atom. The Balaban J connectivity index is 1.73. The summed E-state index contributed by atoms with van der Waals surface area (Å²) < 4.78 is 0. The summed E-state index contributed by atoms with van der Waals surface area (Å²) in [4.78, 5) is 11.3. The molecular weight excluding hydrogens is 318 g/mol. The van der Waals surface area contributed by atoms with Gasteiger partial charge in [0.25, 0.3) is 0 Å². The number of benzene rings is 1. The topological polar surface area (TPSA) is 49.2 Å². The summed E-state index contributed by atoms with van der Waals surface area (Å²) in [5.41, 5.74) is 3.16. The first-order chi connectivity index (χ1) is 11.8.